The van der Waals surface area contributed by atoms with Gasteiger partial charge in [-0.15, -0.1) is 0 Å². The van der Waals surface area contributed by atoms with Crippen LogP contribution in [0.4, 0.5) is 0 Å². The lowest BCUT2D eigenvalue weighted by molar-refractivity contribution is 0.202. The summed E-state index contributed by atoms with van der Waals surface area (Å²) in [4.78, 5) is 2.08. The summed E-state index contributed by atoms with van der Waals surface area (Å²) in [6.07, 6.45) is 0.739. The SMILES string of the molecule is Cc1ccc(OCCN(C)C2CCS(=O)(=O)C2)cc1. The van der Waals surface area contributed by atoms with Crippen LogP contribution in [0, 0.1) is 6.92 Å². The zero-order valence-corrected chi connectivity index (χ0v) is 12.3. The van der Waals surface area contributed by atoms with Crippen molar-refractivity contribution in [3.8, 4) is 5.75 Å². The molecule has 2 rings (SSSR count). The van der Waals surface area contributed by atoms with Crippen molar-refractivity contribution in [3.05, 3.63) is 29.8 Å². The van der Waals surface area contributed by atoms with Gasteiger partial charge in [-0.1, -0.05) is 17.7 Å². The number of sulfone groups is 1. The number of hydrogen-bond acceptors (Lipinski definition) is 4. The zero-order chi connectivity index (χ0) is 13.9. The quantitative estimate of drug-likeness (QED) is 0.821. The molecule has 1 aliphatic heterocycles. The molecule has 0 spiro atoms. The number of nitrogens with zero attached hydrogens (tertiary/aromatic N) is 1. The van der Waals surface area contributed by atoms with Crippen LogP contribution < -0.4 is 4.74 Å². The van der Waals surface area contributed by atoms with Gasteiger partial charge in [0.25, 0.3) is 0 Å². The Balaban J connectivity index is 1.75. The van der Waals surface area contributed by atoms with Crippen LogP contribution in [0.1, 0.15) is 12.0 Å². The van der Waals surface area contributed by atoms with Crippen LogP contribution in [0.3, 0.4) is 0 Å². The Bertz CT molecular complexity index is 510. The van der Waals surface area contributed by atoms with Crippen molar-refractivity contribution in [2.24, 2.45) is 0 Å². The monoisotopic (exact) mass is 283 g/mol. The van der Waals surface area contributed by atoms with E-state index in [9.17, 15) is 8.42 Å². The molecule has 1 aromatic rings. The number of aryl methyl sites for hydroxylation is 1. The highest BCUT2D eigenvalue weighted by molar-refractivity contribution is 7.91. The summed E-state index contributed by atoms with van der Waals surface area (Å²) >= 11 is 0. The van der Waals surface area contributed by atoms with E-state index >= 15 is 0 Å². The van der Waals surface area contributed by atoms with Crippen molar-refractivity contribution >= 4 is 9.84 Å². The fourth-order valence-corrected chi connectivity index (χ4v) is 4.05. The van der Waals surface area contributed by atoms with Gasteiger partial charge < -0.3 is 4.74 Å². The highest BCUT2D eigenvalue weighted by Gasteiger charge is 2.30. The Morgan fingerprint density at radius 2 is 2.00 bits per heavy atom. The van der Waals surface area contributed by atoms with Crippen molar-refractivity contribution in [3.63, 3.8) is 0 Å². The van der Waals surface area contributed by atoms with Crippen LogP contribution in [0.5, 0.6) is 5.75 Å². The molecule has 0 amide bonds. The first-order chi connectivity index (χ1) is 8.96. The van der Waals surface area contributed by atoms with Gasteiger partial charge in [-0.25, -0.2) is 8.42 Å². The minimum absolute atomic E-state index is 0.145. The average Bonchev–Trinajstić information content (AvgIpc) is 2.72. The van der Waals surface area contributed by atoms with Crippen LogP contribution in [0.15, 0.2) is 24.3 Å². The minimum Gasteiger partial charge on any atom is -0.492 e. The second-order valence-electron chi connectivity index (χ2n) is 5.20. The summed E-state index contributed by atoms with van der Waals surface area (Å²) in [5, 5.41) is 0. The maximum atomic E-state index is 11.4. The second-order valence-corrected chi connectivity index (χ2v) is 7.43. The molecule has 1 aromatic carbocycles. The molecule has 1 fully saturated rings. The summed E-state index contributed by atoms with van der Waals surface area (Å²) in [7, 11) is -0.843. The first-order valence-electron chi connectivity index (χ1n) is 6.56. The summed E-state index contributed by atoms with van der Waals surface area (Å²) in [6, 6.07) is 8.09. The predicted octanol–water partition coefficient (Wildman–Crippen LogP) is 1.49. The fraction of sp³-hybridized carbons (Fsp3) is 0.571. The molecular weight excluding hydrogens is 262 g/mol. The molecule has 0 radical (unpaired) electrons. The van der Waals surface area contributed by atoms with E-state index < -0.39 is 9.84 Å². The lowest BCUT2D eigenvalue weighted by Crippen LogP contribution is -2.35. The van der Waals surface area contributed by atoms with E-state index in [1.165, 1.54) is 5.56 Å². The third kappa shape index (κ3) is 4.21. The van der Waals surface area contributed by atoms with Crippen molar-refractivity contribution in [2.45, 2.75) is 19.4 Å². The topological polar surface area (TPSA) is 46.6 Å². The van der Waals surface area contributed by atoms with Crippen LogP contribution in [-0.4, -0.2) is 51.1 Å². The van der Waals surface area contributed by atoms with E-state index in [4.69, 9.17) is 4.74 Å². The number of benzene rings is 1. The number of rotatable bonds is 5. The molecule has 0 N–H and O–H groups in total. The highest BCUT2D eigenvalue weighted by atomic mass is 32.2. The third-order valence-corrected chi connectivity index (χ3v) is 5.32. The third-order valence-electron chi connectivity index (χ3n) is 3.57. The van der Waals surface area contributed by atoms with Gasteiger partial charge in [-0.2, -0.15) is 0 Å². The Morgan fingerprint density at radius 1 is 1.32 bits per heavy atom. The molecule has 1 saturated heterocycles. The number of likely N-dealkylation sites (N-methyl/N-ethyl adjacent to an activating group) is 1. The van der Waals surface area contributed by atoms with E-state index in [1.807, 2.05) is 38.2 Å². The maximum Gasteiger partial charge on any atom is 0.151 e. The first-order valence-corrected chi connectivity index (χ1v) is 8.38. The van der Waals surface area contributed by atoms with Crippen molar-refractivity contribution < 1.29 is 13.2 Å². The van der Waals surface area contributed by atoms with Gasteiger partial charge in [0.1, 0.15) is 12.4 Å². The molecule has 19 heavy (non-hydrogen) atoms. The van der Waals surface area contributed by atoms with Gasteiger partial charge >= 0.3 is 0 Å². The standard InChI is InChI=1S/C14H21NO3S/c1-12-3-5-14(6-4-12)18-9-8-15(2)13-7-10-19(16,17)11-13/h3-6,13H,7-11H2,1-2H3. The minimum atomic E-state index is -2.80. The largest absolute Gasteiger partial charge is 0.492 e. The number of hydrogen-bond donors (Lipinski definition) is 0. The van der Waals surface area contributed by atoms with Gasteiger partial charge in [-0.05, 0) is 32.5 Å². The van der Waals surface area contributed by atoms with Crippen molar-refractivity contribution in [1.29, 1.82) is 0 Å². The molecule has 106 valence electrons. The van der Waals surface area contributed by atoms with Crippen molar-refractivity contribution in [2.75, 3.05) is 31.7 Å². The van der Waals surface area contributed by atoms with E-state index in [0.29, 0.717) is 12.4 Å². The molecule has 5 heteroatoms. The molecule has 1 aliphatic rings. The zero-order valence-electron chi connectivity index (χ0n) is 11.5. The van der Waals surface area contributed by atoms with E-state index in [1.54, 1.807) is 0 Å². The summed E-state index contributed by atoms with van der Waals surface area (Å²) in [5.74, 6) is 1.47. The summed E-state index contributed by atoms with van der Waals surface area (Å²) < 4.78 is 28.5. The van der Waals surface area contributed by atoms with Crippen LogP contribution in [0.2, 0.25) is 0 Å². The van der Waals surface area contributed by atoms with Crippen LogP contribution >= 0.6 is 0 Å². The Kier molecular flexibility index (Phi) is 4.47. The maximum absolute atomic E-state index is 11.4. The fourth-order valence-electron chi connectivity index (χ4n) is 2.25. The molecular formula is C14H21NO3S. The van der Waals surface area contributed by atoms with Gasteiger partial charge in [0, 0.05) is 12.6 Å². The predicted molar refractivity (Wildman–Crippen MR) is 76.4 cm³/mol. The van der Waals surface area contributed by atoms with Crippen LogP contribution in [-0.2, 0) is 9.84 Å². The van der Waals surface area contributed by atoms with Gasteiger partial charge in [0.2, 0.25) is 0 Å². The normalized spacial score (nSPS) is 21.7. The summed E-state index contributed by atoms with van der Waals surface area (Å²) in [5.41, 5.74) is 1.21. The Labute approximate surface area is 115 Å². The molecule has 0 bridgehead atoms. The van der Waals surface area contributed by atoms with Gasteiger partial charge in [0.15, 0.2) is 9.84 Å². The van der Waals surface area contributed by atoms with Crippen LogP contribution in [0.25, 0.3) is 0 Å². The van der Waals surface area contributed by atoms with E-state index in [0.717, 1.165) is 18.7 Å². The van der Waals surface area contributed by atoms with Gasteiger partial charge in [-0.3, -0.25) is 4.90 Å². The molecule has 0 saturated carbocycles. The lowest BCUT2D eigenvalue weighted by atomic mass is 10.2. The molecule has 4 nitrogen and oxygen atoms in total. The second kappa shape index (κ2) is 5.92. The first kappa shape index (κ1) is 14.3. The van der Waals surface area contributed by atoms with Gasteiger partial charge in [0.05, 0.1) is 11.5 Å². The molecule has 1 heterocycles. The molecule has 0 aliphatic carbocycles. The molecule has 1 unspecified atom stereocenters. The van der Waals surface area contributed by atoms with Crippen molar-refractivity contribution in [1.82, 2.24) is 4.90 Å². The average molecular weight is 283 g/mol. The Morgan fingerprint density at radius 3 is 2.58 bits per heavy atom. The summed E-state index contributed by atoms with van der Waals surface area (Å²) in [6.45, 7) is 3.36. The Hall–Kier alpha value is -1.07. The molecule has 0 aromatic heterocycles. The van der Waals surface area contributed by atoms with E-state index in [2.05, 4.69) is 4.90 Å². The highest BCUT2D eigenvalue weighted by Crippen LogP contribution is 2.16. The smallest absolute Gasteiger partial charge is 0.151 e. The number of ether oxygens (including phenoxy) is 1. The molecule has 1 atom stereocenters. The van der Waals surface area contributed by atoms with E-state index in [-0.39, 0.29) is 11.8 Å². The lowest BCUT2D eigenvalue weighted by Gasteiger charge is -2.22.